The van der Waals surface area contributed by atoms with Crippen molar-refractivity contribution in [1.82, 2.24) is 0 Å². The van der Waals surface area contributed by atoms with Gasteiger partial charge in [0.05, 0.1) is 0 Å². The van der Waals surface area contributed by atoms with Crippen LogP contribution in [-0.4, -0.2) is 35.8 Å². The van der Waals surface area contributed by atoms with Crippen molar-refractivity contribution in [2.45, 2.75) is 19.3 Å². The average Bonchev–Trinajstić information content (AvgIpc) is 1.88. The minimum atomic E-state index is -2.90. The molecule has 6 heteroatoms. The summed E-state index contributed by atoms with van der Waals surface area (Å²) in [5.41, 5.74) is 0. The van der Waals surface area contributed by atoms with E-state index in [0.717, 1.165) is 0 Å². The molecule has 0 aromatic rings. The van der Waals surface area contributed by atoms with Gasteiger partial charge in [-0.25, -0.2) is 17.6 Å². The SMILES string of the molecule is CC(F)(F)CO.OCC(F)F. The summed E-state index contributed by atoms with van der Waals surface area (Å²) in [6, 6.07) is 0. The Morgan fingerprint density at radius 3 is 1.45 bits per heavy atom. The van der Waals surface area contributed by atoms with Crippen molar-refractivity contribution in [1.29, 1.82) is 0 Å². The Kier molecular flexibility index (Phi) is 7.65. The zero-order valence-corrected chi connectivity index (χ0v) is 5.90. The molecule has 0 aromatic heterocycles. The summed E-state index contributed by atoms with van der Waals surface area (Å²) in [5.74, 6) is -2.90. The summed E-state index contributed by atoms with van der Waals surface area (Å²) in [5, 5.41) is 15.0. The number of hydrogen-bond acceptors (Lipinski definition) is 2. The number of aliphatic hydroxyl groups excluding tert-OH is 2. The van der Waals surface area contributed by atoms with Gasteiger partial charge < -0.3 is 10.2 Å². The third kappa shape index (κ3) is 26.1. The average molecular weight is 178 g/mol. The fourth-order valence-electron chi connectivity index (χ4n) is 0. The topological polar surface area (TPSA) is 40.5 Å². The smallest absolute Gasteiger partial charge is 0.267 e. The van der Waals surface area contributed by atoms with E-state index in [1.165, 1.54) is 0 Å². The predicted octanol–water partition coefficient (Wildman–Crippen LogP) is 0.878. The molecule has 0 unspecified atom stereocenters. The molecule has 0 fully saturated rings. The first kappa shape index (κ1) is 13.2. The standard InChI is InChI=1S/C3H6F2O.C2H4F2O/c1-3(4,5)2-6;3-2(4)1-5/h6H,2H2,1H3;2,5H,1H2. The lowest BCUT2D eigenvalue weighted by Crippen LogP contribution is -2.14. The van der Waals surface area contributed by atoms with Crippen LogP contribution >= 0.6 is 0 Å². The Morgan fingerprint density at radius 1 is 1.27 bits per heavy atom. The normalized spacial score (nSPS) is 10.9. The van der Waals surface area contributed by atoms with E-state index in [2.05, 4.69) is 0 Å². The molecule has 70 valence electrons. The van der Waals surface area contributed by atoms with Gasteiger partial charge in [-0.05, 0) is 0 Å². The second-order valence-electron chi connectivity index (χ2n) is 1.80. The van der Waals surface area contributed by atoms with E-state index >= 15 is 0 Å². The van der Waals surface area contributed by atoms with Gasteiger partial charge in [-0.15, -0.1) is 0 Å². The van der Waals surface area contributed by atoms with Crippen molar-refractivity contribution in [2.24, 2.45) is 0 Å². The second kappa shape index (κ2) is 6.36. The summed E-state index contributed by atoms with van der Waals surface area (Å²) in [6.45, 7) is -1.43. The van der Waals surface area contributed by atoms with Crippen molar-refractivity contribution in [3.05, 3.63) is 0 Å². The molecule has 0 saturated carbocycles. The Balaban J connectivity index is 0. The van der Waals surface area contributed by atoms with Gasteiger partial charge in [0.2, 0.25) is 0 Å². The Morgan fingerprint density at radius 2 is 1.45 bits per heavy atom. The van der Waals surface area contributed by atoms with Crippen LogP contribution in [0.1, 0.15) is 6.92 Å². The number of rotatable bonds is 2. The molecule has 0 spiro atoms. The van der Waals surface area contributed by atoms with Gasteiger partial charge in [-0.2, -0.15) is 0 Å². The highest BCUT2D eigenvalue weighted by Gasteiger charge is 2.17. The molecule has 0 saturated heterocycles. The van der Waals surface area contributed by atoms with Gasteiger partial charge in [-0.3, -0.25) is 0 Å². The monoisotopic (exact) mass is 178 g/mol. The molecular formula is C5H10F4O2. The number of hydrogen-bond donors (Lipinski definition) is 2. The first-order valence-electron chi connectivity index (χ1n) is 2.71. The third-order valence-corrected chi connectivity index (χ3v) is 0.416. The fraction of sp³-hybridized carbons (Fsp3) is 1.00. The van der Waals surface area contributed by atoms with E-state index in [-0.39, 0.29) is 0 Å². The van der Waals surface area contributed by atoms with Crippen molar-refractivity contribution >= 4 is 0 Å². The first-order chi connectivity index (χ1) is 4.83. The van der Waals surface area contributed by atoms with Gasteiger partial charge in [0.15, 0.2) is 0 Å². The van der Waals surface area contributed by atoms with Gasteiger partial charge in [0.1, 0.15) is 13.2 Å². The van der Waals surface area contributed by atoms with Crippen molar-refractivity contribution < 1.29 is 27.8 Å². The van der Waals surface area contributed by atoms with Gasteiger partial charge >= 0.3 is 0 Å². The van der Waals surface area contributed by atoms with Crippen LogP contribution in [0, 0.1) is 0 Å². The molecule has 0 aliphatic carbocycles. The zero-order chi connectivity index (χ0) is 9.49. The number of alkyl halides is 4. The van der Waals surface area contributed by atoms with Crippen LogP contribution in [0.15, 0.2) is 0 Å². The Labute approximate surface area is 61.5 Å². The number of halogens is 4. The molecule has 0 radical (unpaired) electrons. The van der Waals surface area contributed by atoms with E-state index in [4.69, 9.17) is 10.2 Å². The highest BCUT2D eigenvalue weighted by atomic mass is 19.3. The molecule has 0 aromatic carbocycles. The van der Waals surface area contributed by atoms with Gasteiger partial charge in [0.25, 0.3) is 12.3 Å². The largest absolute Gasteiger partial charge is 0.390 e. The maximum Gasteiger partial charge on any atom is 0.267 e. The highest BCUT2D eigenvalue weighted by molar-refractivity contribution is 4.50. The maximum absolute atomic E-state index is 11.2. The van der Waals surface area contributed by atoms with Gasteiger partial charge in [0, 0.05) is 6.92 Å². The molecule has 0 heterocycles. The number of aliphatic hydroxyl groups is 2. The molecule has 2 nitrogen and oxygen atoms in total. The molecule has 0 bridgehead atoms. The molecule has 2 N–H and O–H groups in total. The third-order valence-electron chi connectivity index (χ3n) is 0.416. The maximum atomic E-state index is 11.2. The van der Waals surface area contributed by atoms with E-state index in [0.29, 0.717) is 6.92 Å². The molecule has 0 aliphatic heterocycles. The highest BCUT2D eigenvalue weighted by Crippen LogP contribution is 2.07. The van der Waals surface area contributed by atoms with Crippen LogP contribution in [0.5, 0.6) is 0 Å². The molecule has 11 heavy (non-hydrogen) atoms. The van der Waals surface area contributed by atoms with Crippen LogP contribution in [0.2, 0.25) is 0 Å². The lowest BCUT2D eigenvalue weighted by atomic mass is 10.4. The first-order valence-corrected chi connectivity index (χ1v) is 2.71. The van der Waals surface area contributed by atoms with E-state index in [1.807, 2.05) is 0 Å². The molecule has 0 rings (SSSR count). The van der Waals surface area contributed by atoms with Crippen molar-refractivity contribution in [2.75, 3.05) is 13.2 Å². The Hall–Kier alpha value is -0.360. The van der Waals surface area contributed by atoms with E-state index < -0.39 is 25.6 Å². The summed E-state index contributed by atoms with van der Waals surface area (Å²) in [6.07, 6.45) is -2.56. The summed E-state index contributed by atoms with van der Waals surface area (Å²) in [7, 11) is 0. The molecular weight excluding hydrogens is 168 g/mol. The molecule has 0 atom stereocenters. The lowest BCUT2D eigenvalue weighted by Gasteiger charge is -2.01. The van der Waals surface area contributed by atoms with Crippen molar-refractivity contribution in [3.8, 4) is 0 Å². The Bertz CT molecular complexity index is 81.0. The van der Waals surface area contributed by atoms with Crippen molar-refractivity contribution in [3.63, 3.8) is 0 Å². The lowest BCUT2D eigenvalue weighted by molar-refractivity contribution is -0.0322. The van der Waals surface area contributed by atoms with Crippen LogP contribution in [0.25, 0.3) is 0 Å². The summed E-state index contributed by atoms with van der Waals surface area (Å²) >= 11 is 0. The predicted molar refractivity (Wildman–Crippen MR) is 30.8 cm³/mol. The zero-order valence-electron chi connectivity index (χ0n) is 5.90. The fourth-order valence-corrected chi connectivity index (χ4v) is 0. The minimum absolute atomic E-state index is 0.660. The second-order valence-corrected chi connectivity index (χ2v) is 1.80. The van der Waals surface area contributed by atoms with E-state index in [9.17, 15) is 17.6 Å². The molecule has 0 aliphatic rings. The van der Waals surface area contributed by atoms with Crippen LogP contribution in [0.3, 0.4) is 0 Å². The quantitative estimate of drug-likeness (QED) is 0.616. The summed E-state index contributed by atoms with van der Waals surface area (Å²) < 4.78 is 43.4. The minimum Gasteiger partial charge on any atom is -0.390 e. The van der Waals surface area contributed by atoms with E-state index in [1.54, 1.807) is 0 Å². The summed E-state index contributed by atoms with van der Waals surface area (Å²) in [4.78, 5) is 0. The van der Waals surface area contributed by atoms with Crippen LogP contribution in [0.4, 0.5) is 17.6 Å². The van der Waals surface area contributed by atoms with Gasteiger partial charge in [-0.1, -0.05) is 0 Å². The molecule has 0 amide bonds. The van der Waals surface area contributed by atoms with Crippen LogP contribution < -0.4 is 0 Å². The van der Waals surface area contributed by atoms with Crippen LogP contribution in [-0.2, 0) is 0 Å².